The minimum absolute atomic E-state index is 0.798. The lowest BCUT2D eigenvalue weighted by molar-refractivity contribution is 1.17. The number of benzene rings is 3. The first-order valence-corrected chi connectivity index (χ1v) is 7.10. The molecule has 2 N–H and O–H groups in total. The van der Waals surface area contributed by atoms with Crippen molar-refractivity contribution < 1.29 is 0 Å². The van der Waals surface area contributed by atoms with Gasteiger partial charge in [0.1, 0.15) is 0 Å². The summed E-state index contributed by atoms with van der Waals surface area (Å²) in [7, 11) is 0. The van der Waals surface area contributed by atoms with E-state index in [1.165, 1.54) is 27.4 Å². The summed E-state index contributed by atoms with van der Waals surface area (Å²) in [4.78, 5) is 0. The summed E-state index contributed by atoms with van der Waals surface area (Å²) in [6.07, 6.45) is 0. The highest BCUT2D eigenvalue weighted by molar-refractivity contribution is 6.09. The molecule has 0 aliphatic carbocycles. The van der Waals surface area contributed by atoms with E-state index in [-0.39, 0.29) is 0 Å². The number of para-hydroxylation sites is 2. The molecule has 0 radical (unpaired) electrons. The van der Waals surface area contributed by atoms with Gasteiger partial charge < -0.3 is 10.3 Å². The van der Waals surface area contributed by atoms with Crippen molar-refractivity contribution in [2.45, 2.75) is 6.92 Å². The van der Waals surface area contributed by atoms with Gasteiger partial charge in [-0.3, -0.25) is 0 Å². The number of rotatable bonds is 1. The van der Waals surface area contributed by atoms with Crippen LogP contribution in [-0.2, 0) is 0 Å². The molecule has 4 aromatic rings. The molecule has 0 saturated heterocycles. The molecule has 0 spiro atoms. The van der Waals surface area contributed by atoms with Crippen molar-refractivity contribution in [3.8, 4) is 5.69 Å². The fraction of sp³-hybridized carbons (Fsp3) is 0.0526. The number of aromatic nitrogens is 1. The SMILES string of the molecule is Cc1cc(N)cc(-n2c3ccccc3c3ccccc32)c1. The minimum Gasteiger partial charge on any atom is -0.399 e. The Morgan fingerprint density at radius 3 is 1.90 bits per heavy atom. The zero-order valence-corrected chi connectivity index (χ0v) is 11.9. The Balaban J connectivity index is 2.20. The van der Waals surface area contributed by atoms with Gasteiger partial charge in [0.25, 0.3) is 0 Å². The van der Waals surface area contributed by atoms with Crippen molar-refractivity contribution in [3.63, 3.8) is 0 Å². The summed E-state index contributed by atoms with van der Waals surface area (Å²) in [5.41, 5.74) is 11.6. The van der Waals surface area contributed by atoms with E-state index in [9.17, 15) is 0 Å². The van der Waals surface area contributed by atoms with E-state index in [1.807, 2.05) is 12.1 Å². The van der Waals surface area contributed by atoms with E-state index >= 15 is 0 Å². The van der Waals surface area contributed by atoms with Crippen LogP contribution in [0.25, 0.3) is 27.5 Å². The van der Waals surface area contributed by atoms with Crippen LogP contribution in [0.15, 0.2) is 66.7 Å². The smallest absolute Gasteiger partial charge is 0.0541 e. The average Bonchev–Trinajstić information content (AvgIpc) is 2.81. The van der Waals surface area contributed by atoms with Crippen LogP contribution in [0.1, 0.15) is 5.56 Å². The molecule has 0 unspecified atom stereocenters. The Kier molecular flexibility index (Phi) is 2.51. The van der Waals surface area contributed by atoms with Crippen LogP contribution in [0.4, 0.5) is 5.69 Å². The van der Waals surface area contributed by atoms with Crippen molar-refractivity contribution in [1.82, 2.24) is 4.57 Å². The molecule has 2 nitrogen and oxygen atoms in total. The molecule has 21 heavy (non-hydrogen) atoms. The van der Waals surface area contributed by atoms with Gasteiger partial charge in [0.15, 0.2) is 0 Å². The third-order valence-electron chi connectivity index (χ3n) is 3.92. The summed E-state index contributed by atoms with van der Waals surface area (Å²) in [6.45, 7) is 2.08. The van der Waals surface area contributed by atoms with E-state index in [4.69, 9.17) is 5.73 Å². The third-order valence-corrected chi connectivity index (χ3v) is 3.92. The van der Waals surface area contributed by atoms with Crippen molar-refractivity contribution in [1.29, 1.82) is 0 Å². The second-order valence-electron chi connectivity index (χ2n) is 5.47. The van der Waals surface area contributed by atoms with Gasteiger partial charge in [-0.25, -0.2) is 0 Å². The fourth-order valence-electron chi connectivity index (χ4n) is 3.12. The molecule has 2 heteroatoms. The van der Waals surface area contributed by atoms with Gasteiger partial charge in [0.05, 0.1) is 11.0 Å². The van der Waals surface area contributed by atoms with E-state index in [2.05, 4.69) is 66.1 Å². The van der Waals surface area contributed by atoms with Gasteiger partial charge in [-0.15, -0.1) is 0 Å². The molecule has 102 valence electrons. The molecule has 0 amide bonds. The number of fused-ring (bicyclic) bond motifs is 3. The average molecular weight is 272 g/mol. The van der Waals surface area contributed by atoms with Crippen molar-refractivity contribution in [2.75, 3.05) is 5.73 Å². The molecule has 3 aromatic carbocycles. The van der Waals surface area contributed by atoms with Crippen molar-refractivity contribution in [2.24, 2.45) is 0 Å². The lowest BCUT2D eigenvalue weighted by Gasteiger charge is -2.10. The maximum atomic E-state index is 6.04. The number of nitrogens with zero attached hydrogens (tertiary/aromatic N) is 1. The first-order chi connectivity index (χ1) is 10.2. The topological polar surface area (TPSA) is 30.9 Å². The molecule has 4 rings (SSSR count). The maximum Gasteiger partial charge on any atom is 0.0541 e. The molecule has 0 saturated carbocycles. The van der Waals surface area contributed by atoms with Gasteiger partial charge in [0.2, 0.25) is 0 Å². The van der Waals surface area contributed by atoms with E-state index in [1.54, 1.807) is 0 Å². The summed E-state index contributed by atoms with van der Waals surface area (Å²) in [5, 5.41) is 2.54. The zero-order chi connectivity index (χ0) is 14.4. The molecule has 0 fully saturated rings. The third kappa shape index (κ3) is 1.80. The van der Waals surface area contributed by atoms with Crippen molar-refractivity contribution >= 4 is 27.5 Å². The van der Waals surface area contributed by atoms with Crippen LogP contribution < -0.4 is 5.73 Å². The summed E-state index contributed by atoms with van der Waals surface area (Å²) in [6, 6.07) is 23.2. The summed E-state index contributed by atoms with van der Waals surface area (Å²) < 4.78 is 2.29. The highest BCUT2D eigenvalue weighted by Gasteiger charge is 2.11. The number of hydrogen-bond donors (Lipinski definition) is 1. The van der Waals surface area contributed by atoms with E-state index in [0.717, 1.165) is 11.4 Å². The van der Waals surface area contributed by atoms with Gasteiger partial charge in [-0.05, 0) is 42.8 Å². The van der Waals surface area contributed by atoms with Gasteiger partial charge in [-0.2, -0.15) is 0 Å². The van der Waals surface area contributed by atoms with Crippen LogP contribution in [-0.4, -0.2) is 4.57 Å². The molecule has 0 aliphatic rings. The largest absolute Gasteiger partial charge is 0.399 e. The Labute approximate surface area is 123 Å². The van der Waals surface area contributed by atoms with Crippen LogP contribution in [0.2, 0.25) is 0 Å². The second kappa shape index (κ2) is 4.38. The van der Waals surface area contributed by atoms with Crippen LogP contribution >= 0.6 is 0 Å². The molecule has 0 aliphatic heterocycles. The Morgan fingerprint density at radius 2 is 1.33 bits per heavy atom. The summed E-state index contributed by atoms with van der Waals surface area (Å²) >= 11 is 0. The Morgan fingerprint density at radius 1 is 0.762 bits per heavy atom. The quantitative estimate of drug-likeness (QED) is 0.501. The summed E-state index contributed by atoms with van der Waals surface area (Å²) in [5.74, 6) is 0. The molecule has 0 atom stereocenters. The maximum absolute atomic E-state index is 6.04. The van der Waals surface area contributed by atoms with Gasteiger partial charge in [0, 0.05) is 22.1 Å². The van der Waals surface area contributed by atoms with Crippen LogP contribution in [0, 0.1) is 6.92 Å². The number of hydrogen-bond acceptors (Lipinski definition) is 1. The molecule has 1 aromatic heterocycles. The molecule has 1 heterocycles. The minimum atomic E-state index is 0.798. The van der Waals surface area contributed by atoms with Crippen LogP contribution in [0.3, 0.4) is 0 Å². The fourth-order valence-corrected chi connectivity index (χ4v) is 3.12. The number of aryl methyl sites for hydroxylation is 1. The van der Waals surface area contributed by atoms with Gasteiger partial charge in [-0.1, -0.05) is 36.4 Å². The monoisotopic (exact) mass is 272 g/mol. The lowest BCUT2D eigenvalue weighted by atomic mass is 10.2. The molecule has 0 bridgehead atoms. The predicted octanol–water partition coefficient (Wildman–Crippen LogP) is 4.67. The zero-order valence-electron chi connectivity index (χ0n) is 11.9. The first-order valence-electron chi connectivity index (χ1n) is 7.10. The standard InChI is InChI=1S/C19H16N2/c1-13-10-14(20)12-15(11-13)21-18-8-4-2-6-16(18)17-7-3-5-9-19(17)21/h2-12H,20H2,1H3. The van der Waals surface area contributed by atoms with E-state index in [0.29, 0.717) is 0 Å². The second-order valence-corrected chi connectivity index (χ2v) is 5.47. The highest BCUT2D eigenvalue weighted by atomic mass is 15.0. The van der Waals surface area contributed by atoms with Crippen LogP contribution in [0.5, 0.6) is 0 Å². The lowest BCUT2D eigenvalue weighted by Crippen LogP contribution is -1.96. The number of nitrogens with two attached hydrogens (primary N) is 1. The molecular formula is C19H16N2. The Bertz CT molecular complexity index is 890. The molecular weight excluding hydrogens is 256 g/mol. The number of nitrogen functional groups attached to an aromatic ring is 1. The normalized spacial score (nSPS) is 11.3. The first kappa shape index (κ1) is 12.0. The Hall–Kier alpha value is -2.74. The van der Waals surface area contributed by atoms with Crippen molar-refractivity contribution in [3.05, 3.63) is 72.3 Å². The van der Waals surface area contributed by atoms with E-state index < -0.39 is 0 Å². The highest BCUT2D eigenvalue weighted by Crippen LogP contribution is 2.32. The van der Waals surface area contributed by atoms with Gasteiger partial charge >= 0.3 is 0 Å². The predicted molar refractivity (Wildman–Crippen MR) is 89.9 cm³/mol. The number of anilines is 1.